The van der Waals surface area contributed by atoms with Gasteiger partial charge in [-0.2, -0.15) is 0 Å². The average Bonchev–Trinajstić information content (AvgIpc) is 1.98. The lowest BCUT2D eigenvalue weighted by Gasteiger charge is -2.01. The molecule has 0 aliphatic heterocycles. The molecule has 0 fully saturated rings. The van der Waals surface area contributed by atoms with Gasteiger partial charge < -0.3 is 19.6 Å². The lowest BCUT2D eigenvalue weighted by molar-refractivity contribution is 0.204. The van der Waals surface area contributed by atoms with E-state index < -0.39 is 22.8 Å². The first-order valence-corrected chi connectivity index (χ1v) is 9.98. The number of phosphoric acid groups is 1. The van der Waals surface area contributed by atoms with Crippen molar-refractivity contribution in [1.82, 2.24) is 0 Å². The van der Waals surface area contributed by atoms with Crippen LogP contribution in [0.25, 0.3) is 0 Å². The zero-order valence-electron chi connectivity index (χ0n) is 10.2. The van der Waals surface area contributed by atoms with Crippen LogP contribution in [0.1, 0.15) is 14.9 Å². The van der Waals surface area contributed by atoms with E-state index in [0.29, 0.717) is 0 Å². The van der Waals surface area contributed by atoms with E-state index >= 15 is 0 Å². The van der Waals surface area contributed by atoms with Crippen molar-refractivity contribution >= 4 is 22.8 Å². The van der Waals surface area contributed by atoms with Crippen LogP contribution in [-0.4, -0.2) is 53.8 Å². The highest BCUT2D eigenvalue weighted by Gasteiger charge is 2.13. The molecule has 4 N–H and O–H groups in total. The second-order valence-electron chi connectivity index (χ2n) is 2.96. The topological polar surface area (TPSA) is 151 Å². The van der Waals surface area contributed by atoms with Gasteiger partial charge in [0.15, 0.2) is 7.37 Å². The van der Waals surface area contributed by atoms with E-state index in [1.807, 2.05) is 0 Å². The van der Waals surface area contributed by atoms with Crippen LogP contribution in [0.15, 0.2) is 0 Å². The van der Waals surface area contributed by atoms with E-state index in [9.17, 15) is 13.7 Å². The maximum absolute atomic E-state index is 10.1. The van der Waals surface area contributed by atoms with E-state index in [1.165, 1.54) is 13.3 Å². The predicted octanol–water partition coefficient (Wildman–Crippen LogP) is 1.96. The van der Waals surface area contributed by atoms with E-state index in [0.717, 1.165) is 20.9 Å². The molecule has 0 amide bonds. The van der Waals surface area contributed by atoms with Gasteiger partial charge in [-0.05, 0) is 0 Å². The SMILES string of the molecule is C.C.COP(=O)(O)OC.CP(=O)(O)O.CP(C)(=O)O. The van der Waals surface area contributed by atoms with Gasteiger partial charge in [-0.3, -0.25) is 18.2 Å². The molecule has 0 aromatic rings. The lowest BCUT2D eigenvalue weighted by Crippen LogP contribution is -1.83. The second-order valence-corrected chi connectivity index (χ2v) is 8.89. The lowest BCUT2D eigenvalue weighted by atomic mass is 11.8. The van der Waals surface area contributed by atoms with Crippen molar-refractivity contribution in [2.24, 2.45) is 0 Å². The van der Waals surface area contributed by atoms with Crippen LogP contribution >= 0.6 is 22.8 Å². The van der Waals surface area contributed by atoms with Crippen LogP contribution in [-0.2, 0) is 22.7 Å². The molecular formula is C7H27O9P3. The number of rotatable bonds is 2. The Morgan fingerprint density at radius 3 is 0.842 bits per heavy atom. The van der Waals surface area contributed by atoms with Crippen molar-refractivity contribution in [1.29, 1.82) is 0 Å². The molecule has 0 bridgehead atoms. The van der Waals surface area contributed by atoms with Crippen LogP contribution in [0.2, 0.25) is 0 Å². The summed E-state index contributed by atoms with van der Waals surface area (Å²) in [5.41, 5.74) is 0. The van der Waals surface area contributed by atoms with Gasteiger partial charge in [-0.1, -0.05) is 14.9 Å². The van der Waals surface area contributed by atoms with Gasteiger partial charge in [0.05, 0.1) is 0 Å². The number of hydrogen-bond donors (Lipinski definition) is 4. The molecule has 0 aromatic carbocycles. The average molecular weight is 348 g/mol. The first-order chi connectivity index (χ1) is 7.12. The van der Waals surface area contributed by atoms with Crippen LogP contribution in [0.5, 0.6) is 0 Å². The molecule has 0 aromatic heterocycles. The summed E-state index contributed by atoms with van der Waals surface area (Å²) in [6.07, 6.45) is 0. The maximum atomic E-state index is 10.1. The first-order valence-electron chi connectivity index (χ1n) is 3.87. The minimum Gasteiger partial charge on any atom is -0.345 e. The summed E-state index contributed by atoms with van der Waals surface area (Å²) < 4.78 is 37.1. The van der Waals surface area contributed by atoms with Gasteiger partial charge in [0, 0.05) is 34.2 Å². The molecule has 0 saturated heterocycles. The summed E-state index contributed by atoms with van der Waals surface area (Å²) in [6.45, 7) is 3.45. The molecule has 0 atom stereocenters. The van der Waals surface area contributed by atoms with Crippen LogP contribution in [0.4, 0.5) is 0 Å². The Balaban J connectivity index is -0.0000000500. The van der Waals surface area contributed by atoms with E-state index in [2.05, 4.69) is 9.05 Å². The minimum absolute atomic E-state index is 0. The standard InChI is InChI=1S/C2H7O4P.C2H7O2P.CH5O3P.2CH4/c1-5-7(3,4)6-2;2*1-5(2,3)4;;/h1-2H3,(H,3,4);1-2H3,(H,3,4);1H3,(H2,2,3,4);2*1H4. The van der Waals surface area contributed by atoms with Gasteiger partial charge in [-0.25, -0.2) is 4.57 Å². The highest BCUT2D eigenvalue weighted by atomic mass is 31.2. The predicted molar refractivity (Wildman–Crippen MR) is 76.9 cm³/mol. The second kappa shape index (κ2) is 13.4. The van der Waals surface area contributed by atoms with Gasteiger partial charge in [0.1, 0.15) is 0 Å². The van der Waals surface area contributed by atoms with Gasteiger partial charge >= 0.3 is 15.4 Å². The van der Waals surface area contributed by atoms with Crippen molar-refractivity contribution in [2.45, 2.75) is 14.9 Å². The summed E-state index contributed by atoms with van der Waals surface area (Å²) >= 11 is 0. The summed E-state index contributed by atoms with van der Waals surface area (Å²) in [5.74, 6) is 0. The molecule has 0 saturated carbocycles. The molecular weight excluding hydrogens is 321 g/mol. The fourth-order valence-electron chi connectivity index (χ4n) is 0.0745. The van der Waals surface area contributed by atoms with E-state index in [1.54, 1.807) is 0 Å². The molecule has 9 nitrogen and oxygen atoms in total. The summed E-state index contributed by atoms with van der Waals surface area (Å²) in [5, 5.41) is 0. The number of hydrogen-bond acceptors (Lipinski definition) is 5. The van der Waals surface area contributed by atoms with E-state index in [4.69, 9.17) is 19.6 Å². The molecule has 0 spiro atoms. The summed E-state index contributed by atoms with van der Waals surface area (Å²) in [6, 6.07) is 0. The molecule has 0 radical (unpaired) electrons. The van der Waals surface area contributed by atoms with E-state index in [-0.39, 0.29) is 14.9 Å². The quantitative estimate of drug-likeness (QED) is 0.549. The zero-order valence-corrected chi connectivity index (χ0v) is 12.9. The Labute approximate surface area is 115 Å². The highest BCUT2D eigenvalue weighted by molar-refractivity contribution is 7.56. The first kappa shape index (κ1) is 31.7. The third-order valence-electron chi connectivity index (χ3n) is 0.461. The fraction of sp³-hybridized carbons (Fsp3) is 1.00. The van der Waals surface area contributed by atoms with Crippen molar-refractivity contribution in [3.63, 3.8) is 0 Å². The molecule has 124 valence electrons. The van der Waals surface area contributed by atoms with Gasteiger partial charge in [0.2, 0.25) is 0 Å². The molecule has 0 heterocycles. The molecule has 12 heteroatoms. The molecule has 0 aliphatic carbocycles. The Kier molecular flexibility index (Phi) is 22.4. The van der Waals surface area contributed by atoms with Crippen molar-refractivity contribution in [2.75, 3.05) is 34.2 Å². The molecule has 0 rings (SSSR count). The third kappa shape index (κ3) is 120. The Morgan fingerprint density at radius 1 is 0.737 bits per heavy atom. The normalized spacial score (nSPS) is 10.6. The summed E-state index contributed by atoms with van der Waals surface area (Å²) in [7, 11) is -7.73. The molecule has 0 unspecified atom stereocenters. The molecule has 0 aliphatic rings. The molecule has 19 heavy (non-hydrogen) atoms. The monoisotopic (exact) mass is 348 g/mol. The van der Waals surface area contributed by atoms with Crippen molar-refractivity contribution in [3.05, 3.63) is 0 Å². The van der Waals surface area contributed by atoms with Gasteiger partial charge in [0.25, 0.3) is 0 Å². The van der Waals surface area contributed by atoms with Crippen molar-refractivity contribution in [3.8, 4) is 0 Å². The van der Waals surface area contributed by atoms with Crippen LogP contribution < -0.4 is 0 Å². The minimum atomic E-state index is -3.65. The Hall–Kier alpha value is 0.450. The van der Waals surface area contributed by atoms with Crippen LogP contribution in [0.3, 0.4) is 0 Å². The van der Waals surface area contributed by atoms with Crippen LogP contribution in [0, 0.1) is 0 Å². The smallest absolute Gasteiger partial charge is 0.345 e. The maximum Gasteiger partial charge on any atom is 0.471 e. The summed E-state index contributed by atoms with van der Waals surface area (Å²) in [4.78, 5) is 31.6. The van der Waals surface area contributed by atoms with Gasteiger partial charge in [-0.15, -0.1) is 0 Å². The highest BCUT2D eigenvalue weighted by Crippen LogP contribution is 2.40. The Bertz CT molecular complexity index is 273. The zero-order chi connectivity index (χ0) is 14.9. The number of phosphoric ester groups is 1. The van der Waals surface area contributed by atoms with Crippen molar-refractivity contribution < 1.29 is 42.3 Å². The third-order valence-corrected chi connectivity index (χ3v) is 1.38. The largest absolute Gasteiger partial charge is 0.471 e. The Morgan fingerprint density at radius 2 is 0.842 bits per heavy atom. The fourth-order valence-corrected chi connectivity index (χ4v) is 0.224.